The smallest absolute Gasteiger partial charge is 0.0172 e. The summed E-state index contributed by atoms with van der Waals surface area (Å²) in [5, 5.41) is 4.70. The number of nitrogens with one attached hydrogen (secondary N) is 1. The molecule has 0 amide bonds. The van der Waals surface area contributed by atoms with Crippen LogP contribution in [0.3, 0.4) is 0 Å². The number of piperidine rings is 1. The lowest BCUT2D eigenvalue weighted by Gasteiger charge is -2.36. The van der Waals surface area contributed by atoms with Crippen molar-refractivity contribution in [3.05, 3.63) is 0 Å². The van der Waals surface area contributed by atoms with Crippen molar-refractivity contribution in [1.29, 1.82) is 0 Å². The van der Waals surface area contributed by atoms with E-state index >= 15 is 0 Å². The summed E-state index contributed by atoms with van der Waals surface area (Å²) >= 11 is 2.18. The van der Waals surface area contributed by atoms with Crippen LogP contribution in [-0.2, 0) is 0 Å². The highest BCUT2D eigenvalue weighted by molar-refractivity contribution is 7.99. The molecule has 3 unspecified atom stereocenters. The van der Waals surface area contributed by atoms with Crippen molar-refractivity contribution in [3.63, 3.8) is 0 Å². The van der Waals surface area contributed by atoms with Gasteiger partial charge in [-0.25, -0.2) is 0 Å². The molecule has 0 aromatic rings. The van der Waals surface area contributed by atoms with Crippen molar-refractivity contribution in [3.8, 4) is 0 Å². The van der Waals surface area contributed by atoms with E-state index < -0.39 is 0 Å². The number of thioether (sulfide) groups is 1. The van der Waals surface area contributed by atoms with Crippen LogP contribution in [0.4, 0.5) is 0 Å². The van der Waals surface area contributed by atoms with Crippen LogP contribution < -0.4 is 5.32 Å². The maximum absolute atomic E-state index is 3.82. The molecule has 2 rings (SSSR count). The van der Waals surface area contributed by atoms with Gasteiger partial charge in [0.2, 0.25) is 0 Å². The maximum Gasteiger partial charge on any atom is 0.0172 e. The van der Waals surface area contributed by atoms with E-state index in [9.17, 15) is 0 Å². The number of hydrogen-bond donors (Lipinski definition) is 1. The first-order valence-electron chi connectivity index (χ1n) is 7.87. The molecule has 0 aliphatic carbocycles. The molecular weight excluding hydrogens is 240 g/mol. The number of nitrogens with zero attached hydrogens (tertiary/aromatic N) is 1. The second-order valence-electron chi connectivity index (χ2n) is 5.98. The van der Waals surface area contributed by atoms with Crippen LogP contribution in [0.15, 0.2) is 0 Å². The predicted octanol–water partition coefficient (Wildman–Crippen LogP) is 2.98. The van der Waals surface area contributed by atoms with Crippen LogP contribution in [-0.4, -0.2) is 48.1 Å². The largest absolute Gasteiger partial charge is 0.313 e. The highest BCUT2D eigenvalue weighted by atomic mass is 32.2. The minimum atomic E-state index is 0.696. The summed E-state index contributed by atoms with van der Waals surface area (Å²) in [7, 11) is 0. The van der Waals surface area contributed by atoms with Gasteiger partial charge in [-0.15, -0.1) is 0 Å². The molecule has 0 bridgehead atoms. The first-order chi connectivity index (χ1) is 8.79. The second kappa shape index (κ2) is 7.76. The molecule has 0 aromatic heterocycles. The van der Waals surface area contributed by atoms with Crippen molar-refractivity contribution in [2.24, 2.45) is 5.92 Å². The van der Waals surface area contributed by atoms with Gasteiger partial charge in [-0.2, -0.15) is 11.8 Å². The molecule has 2 aliphatic rings. The first-order valence-corrected chi connectivity index (χ1v) is 8.91. The molecule has 0 aromatic carbocycles. The lowest BCUT2D eigenvalue weighted by molar-refractivity contribution is 0.157. The van der Waals surface area contributed by atoms with Crippen molar-refractivity contribution < 1.29 is 0 Å². The van der Waals surface area contributed by atoms with Gasteiger partial charge >= 0.3 is 0 Å². The highest BCUT2D eigenvalue weighted by Gasteiger charge is 2.24. The summed E-state index contributed by atoms with van der Waals surface area (Å²) in [6.07, 6.45) is 7.12. The summed E-state index contributed by atoms with van der Waals surface area (Å²) in [6, 6.07) is 0.696. The van der Waals surface area contributed by atoms with E-state index in [2.05, 4.69) is 35.8 Å². The van der Waals surface area contributed by atoms with Gasteiger partial charge in [-0.1, -0.05) is 13.3 Å². The normalized spacial score (nSPS) is 32.3. The zero-order valence-electron chi connectivity index (χ0n) is 12.2. The van der Waals surface area contributed by atoms with Crippen molar-refractivity contribution >= 4 is 11.8 Å². The van der Waals surface area contributed by atoms with Gasteiger partial charge in [0.15, 0.2) is 0 Å². The monoisotopic (exact) mass is 270 g/mol. The molecular formula is C15H30N2S. The Morgan fingerprint density at radius 2 is 2.17 bits per heavy atom. The van der Waals surface area contributed by atoms with Crippen molar-refractivity contribution in [1.82, 2.24) is 10.2 Å². The zero-order chi connectivity index (χ0) is 12.8. The molecule has 3 atom stereocenters. The molecule has 0 saturated carbocycles. The maximum atomic E-state index is 3.82. The summed E-state index contributed by atoms with van der Waals surface area (Å²) < 4.78 is 0. The Labute approximate surface area is 117 Å². The Hall–Kier alpha value is 0.270. The predicted molar refractivity (Wildman–Crippen MR) is 82.4 cm³/mol. The summed E-state index contributed by atoms with van der Waals surface area (Å²) in [5.74, 6) is 2.25. The Kier molecular flexibility index (Phi) is 6.33. The van der Waals surface area contributed by atoms with Gasteiger partial charge in [0.1, 0.15) is 0 Å². The van der Waals surface area contributed by atoms with Crippen LogP contribution in [0.5, 0.6) is 0 Å². The molecule has 2 fully saturated rings. The second-order valence-corrected chi connectivity index (χ2v) is 7.39. The molecule has 0 radical (unpaired) electrons. The van der Waals surface area contributed by atoms with E-state index in [1.807, 2.05) is 0 Å². The van der Waals surface area contributed by atoms with Crippen LogP contribution in [0.2, 0.25) is 0 Å². The van der Waals surface area contributed by atoms with Gasteiger partial charge in [0.05, 0.1) is 0 Å². The van der Waals surface area contributed by atoms with E-state index in [0.717, 1.165) is 11.2 Å². The van der Waals surface area contributed by atoms with Crippen LogP contribution >= 0.6 is 11.8 Å². The topological polar surface area (TPSA) is 15.3 Å². The molecule has 106 valence electrons. The van der Waals surface area contributed by atoms with E-state index in [-0.39, 0.29) is 0 Å². The standard InChI is InChI=1S/C15H30N2S/c1-3-17-9-6-7-14(12-17)13(2)16-11-15-8-4-5-10-18-15/h13-16H,3-12H2,1-2H3. The fourth-order valence-electron chi connectivity index (χ4n) is 3.24. The number of hydrogen-bond acceptors (Lipinski definition) is 3. The molecule has 2 saturated heterocycles. The average molecular weight is 270 g/mol. The van der Waals surface area contributed by atoms with Gasteiger partial charge in [0, 0.05) is 24.4 Å². The Bertz CT molecular complexity index is 229. The molecule has 0 spiro atoms. The average Bonchev–Trinajstić information content (AvgIpc) is 2.46. The van der Waals surface area contributed by atoms with Crippen LogP contribution in [0.25, 0.3) is 0 Å². The lowest BCUT2D eigenvalue weighted by Crippen LogP contribution is -2.45. The molecule has 2 aliphatic heterocycles. The fraction of sp³-hybridized carbons (Fsp3) is 1.00. The minimum Gasteiger partial charge on any atom is -0.313 e. The van der Waals surface area contributed by atoms with Crippen LogP contribution in [0.1, 0.15) is 46.0 Å². The third kappa shape index (κ3) is 4.43. The van der Waals surface area contributed by atoms with Gasteiger partial charge in [0.25, 0.3) is 0 Å². The number of likely N-dealkylation sites (tertiary alicyclic amines) is 1. The quantitative estimate of drug-likeness (QED) is 0.827. The van der Waals surface area contributed by atoms with E-state index in [1.165, 1.54) is 64.0 Å². The van der Waals surface area contributed by atoms with Crippen molar-refractivity contribution in [2.45, 2.75) is 57.2 Å². The Morgan fingerprint density at radius 3 is 2.89 bits per heavy atom. The third-order valence-corrected chi connectivity index (χ3v) is 6.04. The summed E-state index contributed by atoms with van der Waals surface area (Å²) in [4.78, 5) is 2.61. The van der Waals surface area contributed by atoms with Gasteiger partial charge < -0.3 is 10.2 Å². The molecule has 1 N–H and O–H groups in total. The summed E-state index contributed by atoms with van der Waals surface area (Å²) in [5.41, 5.74) is 0. The molecule has 2 nitrogen and oxygen atoms in total. The van der Waals surface area contributed by atoms with E-state index in [4.69, 9.17) is 0 Å². The highest BCUT2D eigenvalue weighted by Crippen LogP contribution is 2.25. The van der Waals surface area contributed by atoms with E-state index in [0.29, 0.717) is 6.04 Å². The number of rotatable bonds is 5. The zero-order valence-corrected chi connectivity index (χ0v) is 13.0. The minimum absolute atomic E-state index is 0.696. The SMILES string of the molecule is CCN1CCCC(C(C)NCC2CCCCS2)C1. The van der Waals surface area contributed by atoms with Gasteiger partial charge in [-0.05, 0) is 57.4 Å². The van der Waals surface area contributed by atoms with Crippen LogP contribution in [0, 0.1) is 5.92 Å². The first kappa shape index (κ1) is 14.7. The Morgan fingerprint density at radius 1 is 1.28 bits per heavy atom. The molecule has 3 heteroatoms. The summed E-state index contributed by atoms with van der Waals surface area (Å²) in [6.45, 7) is 9.77. The molecule has 18 heavy (non-hydrogen) atoms. The van der Waals surface area contributed by atoms with Gasteiger partial charge in [-0.3, -0.25) is 0 Å². The lowest BCUT2D eigenvalue weighted by atomic mass is 9.91. The molecule has 2 heterocycles. The van der Waals surface area contributed by atoms with E-state index in [1.54, 1.807) is 0 Å². The Balaban J connectivity index is 1.68. The van der Waals surface area contributed by atoms with Crippen molar-refractivity contribution in [2.75, 3.05) is 31.9 Å². The third-order valence-electron chi connectivity index (χ3n) is 4.64. The fourth-order valence-corrected chi connectivity index (χ4v) is 4.49.